The van der Waals surface area contributed by atoms with Gasteiger partial charge >= 0.3 is 17.9 Å². The minimum absolute atomic E-state index is 0.0211. The van der Waals surface area contributed by atoms with Gasteiger partial charge in [0.2, 0.25) is 12.2 Å². The largest absolute Gasteiger partial charge is 0.459 e. The maximum Gasteiger partial charge on any atom is 0.351 e. The average molecular weight is 471 g/mol. The van der Waals surface area contributed by atoms with E-state index >= 15 is 0 Å². The molecule has 7 heteroatoms. The average Bonchev–Trinajstić information content (AvgIpc) is 2.81. The Hall–Kier alpha value is -3.19. The van der Waals surface area contributed by atoms with Crippen LogP contribution in [0.1, 0.15) is 45.7 Å². The minimum Gasteiger partial charge on any atom is -0.459 e. The molecule has 7 nitrogen and oxygen atoms in total. The van der Waals surface area contributed by atoms with Crippen LogP contribution in [0.15, 0.2) is 60.7 Å². The fraction of sp³-hybridized carbons (Fsp3) is 0.444. The van der Waals surface area contributed by atoms with E-state index in [-0.39, 0.29) is 13.2 Å². The van der Waals surface area contributed by atoms with Crippen LogP contribution in [0.4, 0.5) is 0 Å². The first-order chi connectivity index (χ1) is 16.0. The Bertz CT molecular complexity index is 946. The van der Waals surface area contributed by atoms with Crippen molar-refractivity contribution in [2.75, 3.05) is 7.11 Å². The normalized spacial score (nSPS) is 13.5. The van der Waals surface area contributed by atoms with Gasteiger partial charge in [-0.25, -0.2) is 9.59 Å². The second-order valence-electron chi connectivity index (χ2n) is 9.54. The summed E-state index contributed by atoms with van der Waals surface area (Å²) in [4.78, 5) is 39.0. The smallest absolute Gasteiger partial charge is 0.351 e. The number of hydrogen-bond acceptors (Lipinski definition) is 7. The summed E-state index contributed by atoms with van der Waals surface area (Å²) in [6.45, 7) is 9.03. The van der Waals surface area contributed by atoms with Crippen molar-refractivity contribution in [2.24, 2.45) is 10.8 Å². The zero-order valence-corrected chi connectivity index (χ0v) is 20.7. The summed E-state index contributed by atoms with van der Waals surface area (Å²) in [6, 6.07) is 18.1. The first-order valence-electron chi connectivity index (χ1n) is 11.1. The van der Waals surface area contributed by atoms with Gasteiger partial charge in [0.1, 0.15) is 13.2 Å². The summed E-state index contributed by atoms with van der Waals surface area (Å²) in [5, 5.41) is 0. The molecule has 0 saturated heterocycles. The highest BCUT2D eigenvalue weighted by Crippen LogP contribution is 2.39. The SMILES string of the molecule is COC(C(=O)OCc1ccccc1)C(OC(=O)C(C)(C)C(C)(C)C)C(=O)OCc1ccccc1. The Morgan fingerprint density at radius 2 is 1.12 bits per heavy atom. The lowest BCUT2D eigenvalue weighted by Gasteiger charge is -2.37. The molecule has 184 valence electrons. The fourth-order valence-corrected chi connectivity index (χ4v) is 2.77. The van der Waals surface area contributed by atoms with Crippen LogP contribution in [0.3, 0.4) is 0 Å². The number of rotatable bonds is 10. The Morgan fingerprint density at radius 1 is 0.706 bits per heavy atom. The van der Waals surface area contributed by atoms with Gasteiger partial charge in [-0.3, -0.25) is 4.79 Å². The summed E-state index contributed by atoms with van der Waals surface area (Å²) in [5.74, 6) is -2.39. The van der Waals surface area contributed by atoms with E-state index in [9.17, 15) is 14.4 Å². The Morgan fingerprint density at radius 3 is 1.50 bits per heavy atom. The molecule has 2 rings (SSSR count). The van der Waals surface area contributed by atoms with E-state index in [1.807, 2.05) is 57.2 Å². The first-order valence-corrected chi connectivity index (χ1v) is 11.1. The molecule has 0 radical (unpaired) electrons. The predicted molar refractivity (Wildman–Crippen MR) is 126 cm³/mol. The molecule has 0 spiro atoms. The number of carbonyl (C=O) groups excluding carboxylic acids is 3. The third kappa shape index (κ3) is 7.15. The van der Waals surface area contributed by atoms with Gasteiger partial charge in [0, 0.05) is 7.11 Å². The molecular formula is C27H34O7. The van der Waals surface area contributed by atoms with Crippen molar-refractivity contribution < 1.29 is 33.3 Å². The van der Waals surface area contributed by atoms with Crippen molar-refractivity contribution in [3.05, 3.63) is 71.8 Å². The van der Waals surface area contributed by atoms with Crippen molar-refractivity contribution in [3.63, 3.8) is 0 Å². The maximum absolute atomic E-state index is 13.1. The molecule has 0 aliphatic rings. The van der Waals surface area contributed by atoms with Gasteiger partial charge in [0.25, 0.3) is 0 Å². The molecule has 0 saturated carbocycles. The van der Waals surface area contributed by atoms with Crippen molar-refractivity contribution in [1.82, 2.24) is 0 Å². The van der Waals surface area contributed by atoms with E-state index in [0.29, 0.717) is 0 Å². The van der Waals surface area contributed by atoms with Crippen LogP contribution in [0, 0.1) is 10.8 Å². The minimum atomic E-state index is -1.63. The number of ether oxygens (including phenoxy) is 4. The molecule has 0 heterocycles. The van der Waals surface area contributed by atoms with Crippen molar-refractivity contribution in [1.29, 1.82) is 0 Å². The standard InChI is InChI=1S/C27H34O7/c1-26(2,3)27(4,5)25(30)34-22(24(29)33-18-20-15-11-8-12-16-20)21(31-6)23(28)32-17-19-13-9-7-10-14-19/h7-16,21-22H,17-18H2,1-6H3. The van der Waals surface area contributed by atoms with Crippen LogP contribution in [-0.2, 0) is 46.5 Å². The van der Waals surface area contributed by atoms with Crippen LogP contribution < -0.4 is 0 Å². The molecule has 34 heavy (non-hydrogen) atoms. The molecule has 0 aliphatic carbocycles. The monoisotopic (exact) mass is 470 g/mol. The lowest BCUT2D eigenvalue weighted by molar-refractivity contribution is -0.193. The van der Waals surface area contributed by atoms with Gasteiger partial charge in [-0.05, 0) is 30.4 Å². The van der Waals surface area contributed by atoms with E-state index in [1.165, 1.54) is 7.11 Å². The summed E-state index contributed by atoms with van der Waals surface area (Å²) in [7, 11) is 1.24. The molecule has 2 aromatic rings. The Kier molecular flexibility index (Phi) is 9.38. The van der Waals surface area contributed by atoms with Crippen LogP contribution >= 0.6 is 0 Å². The Labute approximate surface area is 201 Å². The van der Waals surface area contributed by atoms with E-state index in [4.69, 9.17) is 18.9 Å². The molecule has 0 aliphatic heterocycles. The number of esters is 3. The van der Waals surface area contributed by atoms with Crippen molar-refractivity contribution >= 4 is 17.9 Å². The van der Waals surface area contributed by atoms with Crippen molar-refractivity contribution in [2.45, 2.75) is 60.0 Å². The fourth-order valence-electron chi connectivity index (χ4n) is 2.77. The molecular weight excluding hydrogens is 436 g/mol. The molecule has 2 atom stereocenters. The molecule has 0 aromatic heterocycles. The van der Waals surface area contributed by atoms with Gasteiger partial charge in [0.05, 0.1) is 5.41 Å². The van der Waals surface area contributed by atoms with Gasteiger partial charge in [-0.15, -0.1) is 0 Å². The lowest BCUT2D eigenvalue weighted by atomic mass is 9.69. The molecule has 0 N–H and O–H groups in total. The van der Waals surface area contributed by atoms with Gasteiger partial charge in [-0.2, -0.15) is 0 Å². The topological polar surface area (TPSA) is 88.1 Å². The third-order valence-electron chi connectivity index (χ3n) is 6.06. The van der Waals surface area contributed by atoms with Gasteiger partial charge < -0.3 is 18.9 Å². The van der Waals surface area contributed by atoms with E-state index in [0.717, 1.165) is 11.1 Å². The van der Waals surface area contributed by atoms with Crippen LogP contribution in [-0.4, -0.2) is 37.2 Å². The quantitative estimate of drug-likeness (QED) is 0.374. The number of carbonyl (C=O) groups is 3. The first kappa shape index (κ1) is 27.1. The van der Waals surface area contributed by atoms with E-state index in [1.54, 1.807) is 38.1 Å². The molecule has 0 bridgehead atoms. The van der Waals surface area contributed by atoms with Gasteiger partial charge in [0.15, 0.2) is 0 Å². The number of benzene rings is 2. The van der Waals surface area contributed by atoms with E-state index in [2.05, 4.69) is 0 Å². The Balaban J connectivity index is 2.22. The zero-order valence-electron chi connectivity index (χ0n) is 20.7. The highest BCUT2D eigenvalue weighted by atomic mass is 16.6. The molecule has 0 fully saturated rings. The number of hydrogen-bond donors (Lipinski definition) is 0. The summed E-state index contributed by atoms with van der Waals surface area (Å²) >= 11 is 0. The van der Waals surface area contributed by atoms with E-state index < -0.39 is 40.9 Å². The van der Waals surface area contributed by atoms with Crippen LogP contribution in [0.5, 0.6) is 0 Å². The second-order valence-corrected chi connectivity index (χ2v) is 9.54. The second kappa shape index (κ2) is 11.8. The van der Waals surface area contributed by atoms with Crippen LogP contribution in [0.2, 0.25) is 0 Å². The van der Waals surface area contributed by atoms with Gasteiger partial charge in [-0.1, -0.05) is 81.4 Å². The summed E-state index contributed by atoms with van der Waals surface area (Å²) < 4.78 is 21.6. The highest BCUT2D eigenvalue weighted by Gasteiger charge is 2.46. The molecule has 2 aromatic carbocycles. The number of methoxy groups -OCH3 is 1. The van der Waals surface area contributed by atoms with Crippen molar-refractivity contribution in [3.8, 4) is 0 Å². The van der Waals surface area contributed by atoms with Crippen LogP contribution in [0.25, 0.3) is 0 Å². The maximum atomic E-state index is 13.1. The molecule has 0 amide bonds. The predicted octanol–water partition coefficient (Wildman–Crippen LogP) is 4.47. The summed E-state index contributed by atoms with van der Waals surface area (Å²) in [6.07, 6.45) is -3.13. The lowest BCUT2D eigenvalue weighted by Crippen LogP contribution is -2.49. The zero-order chi connectivity index (χ0) is 25.4. The molecule has 2 unspecified atom stereocenters. The summed E-state index contributed by atoms with van der Waals surface area (Å²) in [5.41, 5.74) is 0.0761. The highest BCUT2D eigenvalue weighted by molar-refractivity contribution is 5.88. The third-order valence-corrected chi connectivity index (χ3v) is 6.06.